The molecule has 1 aliphatic rings. The van der Waals surface area contributed by atoms with Crippen LogP contribution in [0.2, 0.25) is 0 Å². The highest BCUT2D eigenvalue weighted by Crippen LogP contribution is 2.35. The molecular weight excluding hydrogens is 324 g/mol. The van der Waals surface area contributed by atoms with Crippen molar-refractivity contribution in [1.29, 1.82) is 0 Å². The quantitative estimate of drug-likeness (QED) is 0.855. The van der Waals surface area contributed by atoms with Crippen LogP contribution in [0, 0.1) is 5.92 Å². The Morgan fingerprint density at radius 3 is 2.64 bits per heavy atom. The van der Waals surface area contributed by atoms with Crippen molar-refractivity contribution in [3.8, 4) is 5.75 Å². The fourth-order valence-corrected chi connectivity index (χ4v) is 4.78. The van der Waals surface area contributed by atoms with Gasteiger partial charge in [-0.2, -0.15) is 0 Å². The molecule has 0 amide bonds. The third kappa shape index (κ3) is 3.74. The van der Waals surface area contributed by atoms with Gasteiger partial charge in [0.25, 0.3) is 0 Å². The second-order valence-electron chi connectivity index (χ2n) is 5.76. The number of hydrogen-bond acceptors (Lipinski definition) is 4. The maximum Gasteiger partial charge on any atom is 0.244 e. The Balaban J connectivity index is 0.00000242. The van der Waals surface area contributed by atoms with Crippen molar-refractivity contribution in [2.45, 2.75) is 43.0 Å². The van der Waals surface area contributed by atoms with Crippen LogP contribution in [-0.4, -0.2) is 27.6 Å². The summed E-state index contributed by atoms with van der Waals surface area (Å²) in [6.07, 6.45) is 3.89. The minimum Gasteiger partial charge on any atom is -0.495 e. The van der Waals surface area contributed by atoms with Crippen molar-refractivity contribution in [2.24, 2.45) is 11.7 Å². The summed E-state index contributed by atoms with van der Waals surface area (Å²) in [5.41, 5.74) is 5.37. The molecular formula is C15H25ClN2O3S. The fourth-order valence-electron chi connectivity index (χ4n) is 3.07. The molecule has 22 heavy (non-hydrogen) atoms. The van der Waals surface area contributed by atoms with Gasteiger partial charge in [0.2, 0.25) is 10.0 Å². The number of ether oxygens (including phenoxy) is 1. The first kappa shape index (κ1) is 19.2. The monoisotopic (exact) mass is 348 g/mol. The molecule has 2 unspecified atom stereocenters. The molecule has 3 N–H and O–H groups in total. The van der Waals surface area contributed by atoms with Gasteiger partial charge in [-0.3, -0.25) is 0 Å². The Kier molecular flexibility index (Phi) is 6.67. The predicted octanol–water partition coefficient (Wildman–Crippen LogP) is 2.30. The van der Waals surface area contributed by atoms with Gasteiger partial charge in [-0.25, -0.2) is 13.1 Å². The van der Waals surface area contributed by atoms with Crippen molar-refractivity contribution in [2.75, 3.05) is 13.7 Å². The van der Waals surface area contributed by atoms with Gasteiger partial charge in [-0.1, -0.05) is 31.9 Å². The van der Waals surface area contributed by atoms with Crippen molar-refractivity contribution in [1.82, 2.24) is 4.72 Å². The summed E-state index contributed by atoms with van der Waals surface area (Å²) >= 11 is 0. The molecule has 0 radical (unpaired) electrons. The largest absolute Gasteiger partial charge is 0.495 e. The number of rotatable bonds is 5. The summed E-state index contributed by atoms with van der Waals surface area (Å²) in [5, 5.41) is 0. The van der Waals surface area contributed by atoms with E-state index < -0.39 is 15.6 Å². The third-order valence-electron chi connectivity index (χ3n) is 4.51. The highest BCUT2D eigenvalue weighted by atomic mass is 35.5. The van der Waals surface area contributed by atoms with E-state index in [1.807, 2.05) is 0 Å². The topological polar surface area (TPSA) is 81.4 Å². The highest BCUT2D eigenvalue weighted by molar-refractivity contribution is 7.89. The van der Waals surface area contributed by atoms with E-state index >= 15 is 0 Å². The van der Waals surface area contributed by atoms with Crippen LogP contribution < -0.4 is 15.2 Å². The van der Waals surface area contributed by atoms with E-state index in [-0.39, 0.29) is 23.2 Å². The van der Waals surface area contributed by atoms with Crippen molar-refractivity contribution >= 4 is 22.4 Å². The lowest BCUT2D eigenvalue weighted by Crippen LogP contribution is -2.58. The van der Waals surface area contributed by atoms with Crippen molar-refractivity contribution < 1.29 is 13.2 Å². The summed E-state index contributed by atoms with van der Waals surface area (Å²) in [6.45, 7) is 2.37. The van der Waals surface area contributed by atoms with Crippen LogP contribution in [0.15, 0.2) is 29.2 Å². The first-order chi connectivity index (χ1) is 9.95. The van der Waals surface area contributed by atoms with Crippen LogP contribution >= 0.6 is 12.4 Å². The summed E-state index contributed by atoms with van der Waals surface area (Å²) in [7, 11) is -2.19. The van der Waals surface area contributed by atoms with Gasteiger partial charge in [-0.15, -0.1) is 12.4 Å². The molecule has 1 aromatic rings. The van der Waals surface area contributed by atoms with Gasteiger partial charge in [0.15, 0.2) is 0 Å². The molecule has 1 aromatic carbocycles. The molecule has 2 rings (SSSR count). The Morgan fingerprint density at radius 2 is 2.05 bits per heavy atom. The second-order valence-corrected chi connectivity index (χ2v) is 7.41. The maximum absolute atomic E-state index is 12.7. The van der Waals surface area contributed by atoms with Crippen LogP contribution in [0.25, 0.3) is 0 Å². The molecule has 1 aliphatic carbocycles. The van der Waals surface area contributed by atoms with Crippen LogP contribution in [0.5, 0.6) is 5.75 Å². The van der Waals surface area contributed by atoms with E-state index in [9.17, 15) is 8.42 Å². The SMILES string of the molecule is COc1ccccc1S(=O)(=O)NC1(CN)CCCCC1C.Cl. The van der Waals surface area contributed by atoms with Crippen LogP contribution in [-0.2, 0) is 10.0 Å². The zero-order valence-corrected chi connectivity index (χ0v) is 14.7. The molecule has 2 atom stereocenters. The van der Waals surface area contributed by atoms with Crippen LogP contribution in [0.4, 0.5) is 0 Å². The molecule has 126 valence electrons. The summed E-state index contributed by atoms with van der Waals surface area (Å²) < 4.78 is 33.5. The second kappa shape index (κ2) is 7.64. The lowest BCUT2D eigenvalue weighted by molar-refractivity contribution is 0.191. The fraction of sp³-hybridized carbons (Fsp3) is 0.600. The van der Waals surface area contributed by atoms with E-state index in [0.29, 0.717) is 12.3 Å². The molecule has 5 nitrogen and oxygen atoms in total. The molecule has 0 bridgehead atoms. The number of para-hydroxylation sites is 1. The van der Waals surface area contributed by atoms with Gasteiger partial charge < -0.3 is 10.5 Å². The summed E-state index contributed by atoms with van der Waals surface area (Å²) in [5.74, 6) is 0.571. The predicted molar refractivity (Wildman–Crippen MR) is 90.0 cm³/mol. The van der Waals surface area contributed by atoms with Gasteiger partial charge >= 0.3 is 0 Å². The molecule has 0 aromatic heterocycles. The maximum atomic E-state index is 12.7. The molecule has 0 saturated heterocycles. The number of halogens is 1. The lowest BCUT2D eigenvalue weighted by Gasteiger charge is -2.42. The first-order valence-corrected chi connectivity index (χ1v) is 8.80. The Hall–Kier alpha value is -0.820. The Bertz CT molecular complexity index is 594. The van der Waals surface area contributed by atoms with Gasteiger partial charge in [0, 0.05) is 12.1 Å². The summed E-state index contributed by atoms with van der Waals surface area (Å²) in [6, 6.07) is 6.64. The third-order valence-corrected chi connectivity index (χ3v) is 6.11. The first-order valence-electron chi connectivity index (χ1n) is 7.32. The number of nitrogens with two attached hydrogens (primary N) is 1. The van der Waals surface area contributed by atoms with Crippen molar-refractivity contribution in [3.05, 3.63) is 24.3 Å². The Morgan fingerprint density at radius 1 is 1.36 bits per heavy atom. The van der Waals surface area contributed by atoms with E-state index in [1.54, 1.807) is 24.3 Å². The normalized spacial score (nSPS) is 25.3. The average molecular weight is 349 g/mol. The van der Waals surface area contributed by atoms with E-state index in [1.165, 1.54) is 7.11 Å². The standard InChI is InChI=1S/C15H24N2O3S.ClH/c1-12-7-5-6-10-15(12,11-16)17-21(18,19)14-9-4-3-8-13(14)20-2;/h3-4,8-9,12,17H,5-7,10-11,16H2,1-2H3;1H. The Labute approximate surface area is 139 Å². The van der Waals surface area contributed by atoms with Crippen LogP contribution in [0.3, 0.4) is 0 Å². The zero-order valence-electron chi connectivity index (χ0n) is 13.0. The number of benzene rings is 1. The molecule has 1 saturated carbocycles. The average Bonchev–Trinajstić information content (AvgIpc) is 2.49. The molecule has 0 spiro atoms. The molecule has 0 aliphatic heterocycles. The smallest absolute Gasteiger partial charge is 0.244 e. The number of nitrogens with one attached hydrogen (secondary N) is 1. The van der Waals surface area contributed by atoms with Gasteiger partial charge in [0.05, 0.1) is 7.11 Å². The molecule has 0 heterocycles. The minimum absolute atomic E-state index is 0. The zero-order chi connectivity index (χ0) is 15.5. The van der Waals surface area contributed by atoms with Crippen molar-refractivity contribution in [3.63, 3.8) is 0 Å². The summed E-state index contributed by atoms with van der Waals surface area (Å²) in [4.78, 5) is 0.165. The number of hydrogen-bond donors (Lipinski definition) is 2. The van der Waals surface area contributed by atoms with Crippen LogP contribution in [0.1, 0.15) is 32.6 Å². The molecule has 1 fully saturated rings. The van der Waals surface area contributed by atoms with Gasteiger partial charge in [0.1, 0.15) is 10.6 Å². The minimum atomic E-state index is -3.66. The number of sulfonamides is 1. The van der Waals surface area contributed by atoms with Gasteiger partial charge in [-0.05, 0) is 30.9 Å². The highest BCUT2D eigenvalue weighted by Gasteiger charge is 2.41. The lowest BCUT2D eigenvalue weighted by atomic mass is 9.74. The van der Waals surface area contributed by atoms with E-state index in [2.05, 4.69) is 11.6 Å². The molecule has 7 heteroatoms. The van der Waals surface area contributed by atoms with E-state index in [4.69, 9.17) is 10.5 Å². The van der Waals surface area contributed by atoms with E-state index in [0.717, 1.165) is 25.7 Å². The number of methoxy groups -OCH3 is 1.